The van der Waals surface area contributed by atoms with E-state index in [0.29, 0.717) is 15.7 Å². The Morgan fingerprint density at radius 3 is 2.62 bits per heavy atom. The molecule has 1 amide bonds. The molecule has 0 heterocycles. The van der Waals surface area contributed by atoms with Crippen LogP contribution in [0.15, 0.2) is 40.9 Å². The van der Waals surface area contributed by atoms with E-state index in [2.05, 4.69) is 26.6 Å². The summed E-state index contributed by atoms with van der Waals surface area (Å²) in [6.07, 6.45) is 0. The molecule has 0 aromatic heterocycles. The topological polar surface area (TPSA) is 41.1 Å². The zero-order valence-electron chi connectivity index (χ0n) is 11.2. The number of amides is 1. The lowest BCUT2D eigenvalue weighted by molar-refractivity contribution is -0.114. The highest BCUT2D eigenvalue weighted by atomic mass is 79.9. The standard InChI is InChI=1S/C15H13BrCl2N2O/c1-9-6-11(3-4-12(9)16)20-15(21)8-19-14-5-2-10(17)7-13(14)18/h2-7,19H,8H2,1H3,(H,20,21). The average molecular weight is 388 g/mol. The zero-order chi connectivity index (χ0) is 15.4. The minimum absolute atomic E-state index is 0.121. The van der Waals surface area contributed by atoms with Crippen LogP contribution in [0.4, 0.5) is 11.4 Å². The first-order chi connectivity index (χ1) is 9.95. The highest BCUT2D eigenvalue weighted by Gasteiger charge is 2.06. The van der Waals surface area contributed by atoms with E-state index >= 15 is 0 Å². The fourth-order valence-electron chi connectivity index (χ4n) is 1.74. The molecule has 2 rings (SSSR count). The SMILES string of the molecule is Cc1cc(NC(=O)CNc2ccc(Cl)cc2Cl)ccc1Br. The summed E-state index contributed by atoms with van der Waals surface area (Å²) >= 11 is 15.3. The van der Waals surface area contributed by atoms with Crippen LogP contribution in [0.25, 0.3) is 0 Å². The molecule has 0 unspecified atom stereocenters. The smallest absolute Gasteiger partial charge is 0.243 e. The maximum atomic E-state index is 11.9. The quantitative estimate of drug-likeness (QED) is 0.764. The summed E-state index contributed by atoms with van der Waals surface area (Å²) < 4.78 is 1.01. The van der Waals surface area contributed by atoms with Gasteiger partial charge in [0.15, 0.2) is 0 Å². The number of hydrogen-bond acceptors (Lipinski definition) is 2. The van der Waals surface area contributed by atoms with Crippen molar-refractivity contribution in [2.75, 3.05) is 17.2 Å². The van der Waals surface area contributed by atoms with Gasteiger partial charge in [0.1, 0.15) is 0 Å². The van der Waals surface area contributed by atoms with Crippen molar-refractivity contribution >= 4 is 56.4 Å². The van der Waals surface area contributed by atoms with Crippen molar-refractivity contribution < 1.29 is 4.79 Å². The Hall–Kier alpha value is -1.23. The van der Waals surface area contributed by atoms with Crippen LogP contribution < -0.4 is 10.6 Å². The summed E-state index contributed by atoms with van der Waals surface area (Å²) in [5, 5.41) is 6.83. The van der Waals surface area contributed by atoms with Crippen molar-refractivity contribution in [1.82, 2.24) is 0 Å². The minimum atomic E-state index is -0.150. The molecule has 0 aliphatic heterocycles. The lowest BCUT2D eigenvalue weighted by atomic mass is 10.2. The third-order valence-corrected chi connectivity index (χ3v) is 4.25. The maximum absolute atomic E-state index is 11.9. The van der Waals surface area contributed by atoms with Crippen LogP contribution in [0.1, 0.15) is 5.56 Å². The van der Waals surface area contributed by atoms with Crippen LogP contribution in [0.3, 0.4) is 0 Å². The Balaban J connectivity index is 1.94. The van der Waals surface area contributed by atoms with E-state index in [4.69, 9.17) is 23.2 Å². The molecule has 0 saturated carbocycles. The highest BCUT2D eigenvalue weighted by Crippen LogP contribution is 2.25. The number of hydrogen-bond donors (Lipinski definition) is 2. The zero-order valence-corrected chi connectivity index (χ0v) is 14.3. The largest absolute Gasteiger partial charge is 0.375 e. The highest BCUT2D eigenvalue weighted by molar-refractivity contribution is 9.10. The number of benzene rings is 2. The Labute approximate surface area is 141 Å². The number of carbonyl (C=O) groups excluding carboxylic acids is 1. The molecule has 0 aliphatic carbocycles. The summed E-state index contributed by atoms with van der Waals surface area (Å²) in [7, 11) is 0. The number of nitrogens with one attached hydrogen (secondary N) is 2. The summed E-state index contributed by atoms with van der Waals surface area (Å²) in [5.41, 5.74) is 2.48. The molecule has 6 heteroatoms. The molecule has 2 aromatic rings. The molecule has 0 bridgehead atoms. The van der Waals surface area contributed by atoms with Crippen molar-refractivity contribution in [1.29, 1.82) is 0 Å². The summed E-state index contributed by atoms with van der Waals surface area (Å²) in [6.45, 7) is 2.09. The Bertz CT molecular complexity index is 677. The number of rotatable bonds is 4. The molecule has 21 heavy (non-hydrogen) atoms. The lowest BCUT2D eigenvalue weighted by Crippen LogP contribution is -2.21. The predicted octanol–water partition coefficient (Wildman–Crippen LogP) is 5.11. The van der Waals surface area contributed by atoms with E-state index < -0.39 is 0 Å². The van der Waals surface area contributed by atoms with Gasteiger partial charge >= 0.3 is 0 Å². The number of carbonyl (C=O) groups is 1. The minimum Gasteiger partial charge on any atom is -0.375 e. The van der Waals surface area contributed by atoms with Crippen molar-refractivity contribution in [3.8, 4) is 0 Å². The molecule has 0 spiro atoms. The van der Waals surface area contributed by atoms with Crippen LogP contribution in [0, 0.1) is 6.92 Å². The molecule has 0 atom stereocenters. The Morgan fingerprint density at radius 2 is 1.95 bits per heavy atom. The van der Waals surface area contributed by atoms with Gasteiger partial charge in [-0.2, -0.15) is 0 Å². The second kappa shape index (κ2) is 7.16. The van der Waals surface area contributed by atoms with Crippen molar-refractivity contribution in [2.45, 2.75) is 6.92 Å². The van der Waals surface area contributed by atoms with Gasteiger partial charge < -0.3 is 10.6 Å². The lowest BCUT2D eigenvalue weighted by Gasteiger charge is -2.10. The van der Waals surface area contributed by atoms with Crippen LogP contribution in [0.2, 0.25) is 10.0 Å². The molecule has 0 saturated heterocycles. The maximum Gasteiger partial charge on any atom is 0.243 e. The second-order valence-corrected chi connectivity index (χ2v) is 6.19. The number of anilines is 2. The van der Waals surface area contributed by atoms with Gasteiger partial charge in [0.05, 0.1) is 17.3 Å². The van der Waals surface area contributed by atoms with Gasteiger partial charge in [-0.1, -0.05) is 39.1 Å². The number of aryl methyl sites for hydroxylation is 1. The van der Waals surface area contributed by atoms with Gasteiger partial charge in [-0.3, -0.25) is 4.79 Å². The third kappa shape index (κ3) is 4.63. The molecule has 110 valence electrons. The third-order valence-electron chi connectivity index (χ3n) is 2.81. The molecule has 0 aliphatic rings. The van der Waals surface area contributed by atoms with Gasteiger partial charge in [-0.15, -0.1) is 0 Å². The monoisotopic (exact) mass is 386 g/mol. The predicted molar refractivity (Wildman–Crippen MR) is 92.5 cm³/mol. The molecule has 0 radical (unpaired) electrons. The molecular weight excluding hydrogens is 375 g/mol. The van der Waals surface area contributed by atoms with E-state index in [-0.39, 0.29) is 12.5 Å². The van der Waals surface area contributed by atoms with Gasteiger partial charge in [0, 0.05) is 15.2 Å². The first-order valence-corrected chi connectivity index (χ1v) is 7.75. The van der Waals surface area contributed by atoms with Crippen molar-refractivity contribution in [2.24, 2.45) is 0 Å². The summed E-state index contributed by atoms with van der Waals surface area (Å²) in [6, 6.07) is 10.7. The van der Waals surface area contributed by atoms with Gasteiger partial charge in [0.25, 0.3) is 0 Å². The molecular formula is C15H13BrCl2N2O. The summed E-state index contributed by atoms with van der Waals surface area (Å²) in [5.74, 6) is -0.150. The van der Waals surface area contributed by atoms with Crippen molar-refractivity contribution in [3.63, 3.8) is 0 Å². The first kappa shape index (κ1) is 16.1. The van der Waals surface area contributed by atoms with Crippen LogP contribution >= 0.6 is 39.1 Å². The molecule has 3 nitrogen and oxygen atoms in total. The van der Waals surface area contributed by atoms with Crippen LogP contribution in [-0.2, 0) is 4.79 Å². The van der Waals surface area contributed by atoms with E-state index in [1.165, 1.54) is 0 Å². The molecule has 2 N–H and O–H groups in total. The second-order valence-electron chi connectivity index (χ2n) is 4.49. The normalized spacial score (nSPS) is 10.3. The van der Waals surface area contributed by atoms with E-state index in [1.807, 2.05) is 25.1 Å². The first-order valence-electron chi connectivity index (χ1n) is 6.20. The molecule has 2 aromatic carbocycles. The summed E-state index contributed by atoms with van der Waals surface area (Å²) in [4.78, 5) is 11.9. The van der Waals surface area contributed by atoms with Gasteiger partial charge in [-0.05, 0) is 48.9 Å². The number of halogens is 3. The van der Waals surface area contributed by atoms with Gasteiger partial charge in [0.2, 0.25) is 5.91 Å². The molecule has 0 fully saturated rings. The van der Waals surface area contributed by atoms with Crippen molar-refractivity contribution in [3.05, 3.63) is 56.5 Å². The van der Waals surface area contributed by atoms with E-state index in [0.717, 1.165) is 15.7 Å². The fraction of sp³-hybridized carbons (Fsp3) is 0.133. The Kier molecular flexibility index (Phi) is 5.51. The fourth-order valence-corrected chi connectivity index (χ4v) is 2.46. The van der Waals surface area contributed by atoms with E-state index in [9.17, 15) is 4.79 Å². The van der Waals surface area contributed by atoms with E-state index in [1.54, 1.807) is 18.2 Å². The Morgan fingerprint density at radius 1 is 1.19 bits per heavy atom. The van der Waals surface area contributed by atoms with Gasteiger partial charge in [-0.25, -0.2) is 0 Å². The van der Waals surface area contributed by atoms with Crippen LogP contribution in [-0.4, -0.2) is 12.5 Å². The average Bonchev–Trinajstić information content (AvgIpc) is 2.42. The van der Waals surface area contributed by atoms with Crippen LogP contribution in [0.5, 0.6) is 0 Å².